The topological polar surface area (TPSA) is 37.7 Å². The van der Waals surface area contributed by atoms with Crippen molar-refractivity contribution < 1.29 is 9.53 Å². The zero-order chi connectivity index (χ0) is 19.7. The Balaban J connectivity index is 1.96. The van der Waals surface area contributed by atoms with Gasteiger partial charge in [-0.15, -0.1) is 0 Å². The first-order valence-corrected chi connectivity index (χ1v) is 9.83. The van der Waals surface area contributed by atoms with Crippen LogP contribution in [0.2, 0.25) is 0 Å². The van der Waals surface area contributed by atoms with Crippen LogP contribution in [0.5, 0.6) is 0 Å². The SMILES string of the molecule is CCOCn1c2c(c3ccccc31)-c1ccccc1CN(CCN(C)C)C2=O. The number of likely N-dealkylation sites (N-methyl/N-ethyl adjacent to an activating group) is 1. The van der Waals surface area contributed by atoms with Gasteiger partial charge in [0.2, 0.25) is 0 Å². The predicted octanol–water partition coefficient (Wildman–Crippen LogP) is 3.82. The number of nitrogens with zero attached hydrogens (tertiary/aromatic N) is 3. The van der Waals surface area contributed by atoms with Gasteiger partial charge in [0.25, 0.3) is 5.91 Å². The second-order valence-electron chi connectivity index (χ2n) is 7.48. The van der Waals surface area contributed by atoms with Gasteiger partial charge < -0.3 is 19.1 Å². The van der Waals surface area contributed by atoms with E-state index in [1.165, 1.54) is 5.56 Å². The molecule has 0 aliphatic carbocycles. The van der Waals surface area contributed by atoms with Crippen LogP contribution in [-0.2, 0) is 18.0 Å². The Morgan fingerprint density at radius 3 is 2.61 bits per heavy atom. The highest BCUT2D eigenvalue weighted by molar-refractivity contribution is 6.11. The third-order valence-electron chi connectivity index (χ3n) is 5.35. The van der Waals surface area contributed by atoms with Crippen molar-refractivity contribution in [3.8, 4) is 11.1 Å². The number of carbonyl (C=O) groups is 1. The minimum Gasteiger partial charge on any atom is -0.361 e. The molecule has 0 unspecified atom stereocenters. The quantitative estimate of drug-likeness (QED) is 0.655. The maximum atomic E-state index is 13.7. The summed E-state index contributed by atoms with van der Waals surface area (Å²) in [6.45, 7) is 5.11. The molecule has 1 amide bonds. The van der Waals surface area contributed by atoms with Crippen LogP contribution in [0, 0.1) is 0 Å². The number of benzene rings is 2. The Morgan fingerprint density at radius 2 is 1.82 bits per heavy atom. The van der Waals surface area contributed by atoms with E-state index in [4.69, 9.17) is 4.74 Å². The van der Waals surface area contributed by atoms with E-state index >= 15 is 0 Å². The highest BCUT2D eigenvalue weighted by Crippen LogP contribution is 2.40. The molecule has 1 aromatic heterocycles. The normalized spacial score (nSPS) is 13.7. The fourth-order valence-corrected chi connectivity index (χ4v) is 3.95. The van der Waals surface area contributed by atoms with Crippen molar-refractivity contribution in [1.29, 1.82) is 0 Å². The Kier molecular flexibility index (Phi) is 5.20. The maximum Gasteiger partial charge on any atom is 0.271 e. The molecule has 146 valence electrons. The number of hydrogen-bond donors (Lipinski definition) is 0. The number of rotatable bonds is 6. The van der Waals surface area contributed by atoms with E-state index in [-0.39, 0.29) is 5.91 Å². The molecule has 0 bridgehead atoms. The Bertz CT molecular complexity index is 1010. The number of fused-ring (bicyclic) bond motifs is 5. The van der Waals surface area contributed by atoms with E-state index in [9.17, 15) is 4.79 Å². The smallest absolute Gasteiger partial charge is 0.271 e. The first-order chi connectivity index (χ1) is 13.6. The number of aromatic nitrogens is 1. The van der Waals surface area contributed by atoms with Crippen LogP contribution >= 0.6 is 0 Å². The predicted molar refractivity (Wildman–Crippen MR) is 112 cm³/mol. The molecule has 28 heavy (non-hydrogen) atoms. The summed E-state index contributed by atoms with van der Waals surface area (Å²) in [6.07, 6.45) is 0. The van der Waals surface area contributed by atoms with Crippen molar-refractivity contribution in [2.24, 2.45) is 0 Å². The minimum absolute atomic E-state index is 0.0731. The summed E-state index contributed by atoms with van der Waals surface area (Å²) in [5.41, 5.74) is 5.14. The molecule has 0 saturated carbocycles. The maximum absolute atomic E-state index is 13.7. The molecular weight excluding hydrogens is 350 g/mol. The second kappa shape index (κ2) is 7.78. The van der Waals surface area contributed by atoms with E-state index in [1.807, 2.05) is 42.6 Å². The Labute approximate surface area is 166 Å². The molecule has 1 aliphatic heterocycles. The molecule has 5 nitrogen and oxygen atoms in total. The highest BCUT2D eigenvalue weighted by Gasteiger charge is 2.31. The molecule has 1 aliphatic rings. The van der Waals surface area contributed by atoms with Crippen LogP contribution in [0.1, 0.15) is 23.0 Å². The fraction of sp³-hybridized carbons (Fsp3) is 0.348. The number of hydrogen-bond acceptors (Lipinski definition) is 3. The molecule has 0 saturated heterocycles. The van der Waals surface area contributed by atoms with Gasteiger partial charge in [-0.2, -0.15) is 0 Å². The largest absolute Gasteiger partial charge is 0.361 e. The average Bonchev–Trinajstić information content (AvgIpc) is 2.96. The van der Waals surface area contributed by atoms with Crippen LogP contribution in [0.25, 0.3) is 22.0 Å². The van der Waals surface area contributed by atoms with E-state index < -0.39 is 0 Å². The van der Waals surface area contributed by atoms with Crippen molar-refractivity contribution in [2.75, 3.05) is 33.8 Å². The van der Waals surface area contributed by atoms with E-state index in [0.29, 0.717) is 26.4 Å². The zero-order valence-electron chi connectivity index (χ0n) is 16.8. The standard InChI is InChI=1S/C23H27N3O2/c1-4-28-16-26-20-12-8-7-11-19(20)21-18-10-6-5-9-17(18)15-25(14-13-24(2)3)23(27)22(21)26/h5-12H,4,13-16H2,1-3H3. The van der Waals surface area contributed by atoms with Crippen LogP contribution in [0.15, 0.2) is 48.5 Å². The van der Waals surface area contributed by atoms with Gasteiger partial charge in [0, 0.05) is 37.2 Å². The van der Waals surface area contributed by atoms with Crippen LogP contribution in [-0.4, -0.2) is 54.1 Å². The Morgan fingerprint density at radius 1 is 1.07 bits per heavy atom. The fourth-order valence-electron chi connectivity index (χ4n) is 3.95. The monoisotopic (exact) mass is 377 g/mol. The number of ether oxygens (including phenoxy) is 1. The summed E-state index contributed by atoms with van der Waals surface area (Å²) in [5.74, 6) is 0.0731. The van der Waals surface area contributed by atoms with Gasteiger partial charge in [0.05, 0.1) is 5.52 Å². The number of para-hydroxylation sites is 1. The summed E-state index contributed by atoms with van der Waals surface area (Å²) in [6, 6.07) is 16.6. The molecule has 0 atom stereocenters. The lowest BCUT2D eigenvalue weighted by atomic mass is 9.98. The van der Waals surface area contributed by atoms with E-state index in [1.54, 1.807) is 0 Å². The second-order valence-corrected chi connectivity index (χ2v) is 7.48. The zero-order valence-corrected chi connectivity index (χ0v) is 16.8. The van der Waals surface area contributed by atoms with Gasteiger partial charge in [-0.3, -0.25) is 4.79 Å². The molecule has 0 N–H and O–H groups in total. The average molecular weight is 377 g/mol. The third-order valence-corrected chi connectivity index (χ3v) is 5.35. The third kappa shape index (κ3) is 3.21. The summed E-state index contributed by atoms with van der Waals surface area (Å²) in [4.78, 5) is 17.8. The highest BCUT2D eigenvalue weighted by atomic mass is 16.5. The first-order valence-electron chi connectivity index (χ1n) is 9.83. The summed E-state index contributed by atoms with van der Waals surface area (Å²) >= 11 is 0. The van der Waals surface area contributed by atoms with E-state index in [2.05, 4.69) is 41.3 Å². The van der Waals surface area contributed by atoms with Crippen LogP contribution in [0.4, 0.5) is 0 Å². The summed E-state index contributed by atoms with van der Waals surface area (Å²) in [7, 11) is 4.07. The molecule has 2 heterocycles. The molecule has 0 radical (unpaired) electrons. The van der Waals surface area contributed by atoms with Crippen molar-refractivity contribution in [2.45, 2.75) is 20.2 Å². The van der Waals surface area contributed by atoms with Gasteiger partial charge in [0.1, 0.15) is 12.4 Å². The molecule has 4 rings (SSSR count). The van der Waals surface area contributed by atoms with Gasteiger partial charge in [-0.25, -0.2) is 0 Å². The van der Waals surface area contributed by atoms with Gasteiger partial charge in [-0.1, -0.05) is 42.5 Å². The van der Waals surface area contributed by atoms with Gasteiger partial charge in [-0.05, 0) is 38.2 Å². The van der Waals surface area contributed by atoms with Crippen LogP contribution < -0.4 is 0 Å². The van der Waals surface area contributed by atoms with Gasteiger partial charge >= 0.3 is 0 Å². The van der Waals surface area contributed by atoms with Crippen molar-refractivity contribution in [1.82, 2.24) is 14.4 Å². The lowest BCUT2D eigenvalue weighted by molar-refractivity contribution is 0.0669. The van der Waals surface area contributed by atoms with Crippen molar-refractivity contribution >= 4 is 16.8 Å². The number of carbonyl (C=O) groups excluding carboxylic acids is 1. The molecule has 2 aromatic carbocycles. The van der Waals surface area contributed by atoms with Gasteiger partial charge in [0.15, 0.2) is 0 Å². The minimum atomic E-state index is 0.0731. The molecule has 0 fully saturated rings. The molecular formula is C23H27N3O2. The molecule has 5 heteroatoms. The lowest BCUT2D eigenvalue weighted by Crippen LogP contribution is -2.36. The van der Waals surface area contributed by atoms with E-state index in [0.717, 1.165) is 34.3 Å². The molecule has 3 aromatic rings. The summed E-state index contributed by atoms with van der Waals surface area (Å²) < 4.78 is 7.79. The Hall–Kier alpha value is -2.63. The first kappa shape index (κ1) is 18.7. The van der Waals surface area contributed by atoms with Crippen molar-refractivity contribution in [3.63, 3.8) is 0 Å². The molecule has 0 spiro atoms. The number of amides is 1. The van der Waals surface area contributed by atoms with Crippen molar-refractivity contribution in [3.05, 3.63) is 59.8 Å². The summed E-state index contributed by atoms with van der Waals surface area (Å²) in [5, 5.41) is 1.10. The van der Waals surface area contributed by atoms with Crippen LogP contribution in [0.3, 0.4) is 0 Å². The lowest BCUT2D eigenvalue weighted by Gasteiger charge is -2.24.